The van der Waals surface area contributed by atoms with Crippen molar-refractivity contribution in [3.63, 3.8) is 0 Å². The molecular weight excluding hydrogens is 436 g/mol. The van der Waals surface area contributed by atoms with Crippen LogP contribution in [-0.4, -0.2) is 18.9 Å². The number of hydrogen-bond donors (Lipinski definition) is 1. The summed E-state index contributed by atoms with van der Waals surface area (Å²) in [6.45, 7) is 6.10. The third kappa shape index (κ3) is 4.37. The number of nitrogens with zero attached hydrogens (tertiary/aromatic N) is 1. The summed E-state index contributed by atoms with van der Waals surface area (Å²) in [6.07, 6.45) is 0. The van der Waals surface area contributed by atoms with Crippen molar-refractivity contribution in [1.82, 2.24) is 0 Å². The Hall–Kier alpha value is -3.57. The molecule has 168 valence electrons. The van der Waals surface area contributed by atoms with Gasteiger partial charge in [0.25, 0.3) is 11.8 Å². The van der Waals surface area contributed by atoms with Crippen molar-refractivity contribution in [2.24, 2.45) is 0 Å². The molecule has 0 saturated heterocycles. The van der Waals surface area contributed by atoms with Crippen LogP contribution < -0.4 is 15.0 Å². The standard InChI is InChI=1S/C27H25ClN2O3/c1-16(2)18-6-11-21(12-7-18)30-26(31)24(19-8-13-22(33-4)14-9-19)25(27(30)32)29-20-10-5-17(3)23(28)15-20/h5-16,29H,1-4H3. The quantitative estimate of drug-likeness (QED) is 0.446. The van der Waals surface area contributed by atoms with E-state index in [0.717, 1.165) is 11.1 Å². The molecule has 6 heteroatoms. The van der Waals surface area contributed by atoms with Crippen LogP contribution in [0.2, 0.25) is 5.02 Å². The number of carbonyl (C=O) groups is 2. The summed E-state index contributed by atoms with van der Waals surface area (Å²) in [5, 5.41) is 3.72. The van der Waals surface area contributed by atoms with Crippen molar-refractivity contribution in [1.29, 1.82) is 0 Å². The van der Waals surface area contributed by atoms with Gasteiger partial charge in [0.2, 0.25) is 0 Å². The Kier molecular flexibility index (Phi) is 6.25. The lowest BCUT2D eigenvalue weighted by molar-refractivity contribution is -0.120. The van der Waals surface area contributed by atoms with Crippen molar-refractivity contribution in [2.75, 3.05) is 17.3 Å². The van der Waals surface area contributed by atoms with Gasteiger partial charge in [-0.3, -0.25) is 9.59 Å². The average molecular weight is 461 g/mol. The topological polar surface area (TPSA) is 58.6 Å². The Morgan fingerprint density at radius 2 is 1.58 bits per heavy atom. The first-order valence-corrected chi connectivity index (χ1v) is 11.1. The van der Waals surface area contributed by atoms with Crippen molar-refractivity contribution >= 4 is 40.4 Å². The van der Waals surface area contributed by atoms with E-state index in [9.17, 15) is 9.59 Å². The van der Waals surface area contributed by atoms with E-state index in [2.05, 4.69) is 19.2 Å². The molecule has 1 aliphatic heterocycles. The van der Waals surface area contributed by atoms with Gasteiger partial charge in [-0.2, -0.15) is 0 Å². The Bertz CT molecular complexity index is 1250. The second-order valence-corrected chi connectivity index (χ2v) is 8.67. The van der Waals surface area contributed by atoms with Gasteiger partial charge < -0.3 is 10.1 Å². The van der Waals surface area contributed by atoms with Crippen LogP contribution in [0.4, 0.5) is 11.4 Å². The van der Waals surface area contributed by atoms with Crippen LogP contribution in [0.25, 0.3) is 5.57 Å². The lowest BCUT2D eigenvalue weighted by Crippen LogP contribution is -2.32. The minimum atomic E-state index is -0.417. The third-order valence-corrected chi connectivity index (χ3v) is 6.13. The minimum Gasteiger partial charge on any atom is -0.497 e. The number of imide groups is 1. The number of hydrogen-bond acceptors (Lipinski definition) is 4. The normalized spacial score (nSPS) is 13.8. The van der Waals surface area contributed by atoms with E-state index in [0.29, 0.717) is 39.2 Å². The molecule has 33 heavy (non-hydrogen) atoms. The fourth-order valence-electron chi connectivity index (χ4n) is 3.73. The van der Waals surface area contributed by atoms with Gasteiger partial charge in [-0.05, 0) is 65.9 Å². The van der Waals surface area contributed by atoms with Gasteiger partial charge in [0.15, 0.2) is 0 Å². The fourth-order valence-corrected chi connectivity index (χ4v) is 3.91. The van der Waals surface area contributed by atoms with Crippen LogP contribution in [-0.2, 0) is 9.59 Å². The molecule has 5 nitrogen and oxygen atoms in total. The maximum atomic E-state index is 13.6. The number of amides is 2. The maximum Gasteiger partial charge on any atom is 0.282 e. The van der Waals surface area contributed by atoms with E-state index in [4.69, 9.17) is 16.3 Å². The number of aryl methyl sites for hydroxylation is 1. The Labute approximate surface area is 198 Å². The number of methoxy groups -OCH3 is 1. The summed E-state index contributed by atoms with van der Waals surface area (Å²) >= 11 is 6.28. The molecule has 1 aliphatic rings. The minimum absolute atomic E-state index is 0.207. The van der Waals surface area contributed by atoms with E-state index in [1.165, 1.54) is 4.90 Å². The van der Waals surface area contributed by atoms with E-state index < -0.39 is 5.91 Å². The van der Waals surface area contributed by atoms with Gasteiger partial charge in [0.1, 0.15) is 11.4 Å². The molecule has 1 heterocycles. The molecule has 0 saturated carbocycles. The van der Waals surface area contributed by atoms with Crippen LogP contribution in [0, 0.1) is 6.92 Å². The van der Waals surface area contributed by atoms with E-state index in [1.807, 2.05) is 43.3 Å². The zero-order chi connectivity index (χ0) is 23.7. The summed E-state index contributed by atoms with van der Waals surface area (Å²) in [4.78, 5) is 28.3. The first-order chi connectivity index (χ1) is 15.8. The molecule has 0 fully saturated rings. The number of ether oxygens (including phenoxy) is 1. The summed E-state index contributed by atoms with van der Waals surface area (Å²) < 4.78 is 5.24. The molecule has 0 bridgehead atoms. The SMILES string of the molecule is COc1ccc(C2=C(Nc3ccc(C)c(Cl)c3)C(=O)N(c3ccc(C(C)C)cc3)C2=O)cc1. The molecule has 0 spiro atoms. The van der Waals surface area contributed by atoms with E-state index in [1.54, 1.807) is 37.4 Å². The van der Waals surface area contributed by atoms with Gasteiger partial charge in [-0.1, -0.05) is 55.8 Å². The Balaban J connectivity index is 1.78. The highest BCUT2D eigenvalue weighted by Gasteiger charge is 2.40. The Morgan fingerprint density at radius 3 is 2.15 bits per heavy atom. The number of halogens is 1. The average Bonchev–Trinajstić information content (AvgIpc) is 3.05. The fraction of sp³-hybridized carbons (Fsp3) is 0.185. The number of benzene rings is 3. The highest BCUT2D eigenvalue weighted by Crippen LogP contribution is 2.35. The van der Waals surface area contributed by atoms with Crippen LogP contribution in [0.5, 0.6) is 5.75 Å². The molecule has 2 amide bonds. The van der Waals surface area contributed by atoms with E-state index in [-0.39, 0.29) is 11.6 Å². The highest BCUT2D eigenvalue weighted by molar-refractivity contribution is 6.46. The maximum absolute atomic E-state index is 13.6. The zero-order valence-corrected chi connectivity index (χ0v) is 19.7. The molecular formula is C27H25ClN2O3. The zero-order valence-electron chi connectivity index (χ0n) is 19.0. The molecule has 0 atom stereocenters. The summed E-state index contributed by atoms with van der Waals surface area (Å²) in [6, 6.07) is 20.0. The lowest BCUT2D eigenvalue weighted by atomic mass is 10.0. The first-order valence-electron chi connectivity index (χ1n) is 10.7. The number of carbonyl (C=O) groups excluding carboxylic acids is 2. The van der Waals surface area contributed by atoms with Crippen LogP contribution >= 0.6 is 11.6 Å². The predicted molar refractivity (Wildman–Crippen MR) is 133 cm³/mol. The lowest BCUT2D eigenvalue weighted by Gasteiger charge is -2.16. The van der Waals surface area contributed by atoms with Gasteiger partial charge >= 0.3 is 0 Å². The Morgan fingerprint density at radius 1 is 0.909 bits per heavy atom. The molecule has 3 aromatic rings. The molecule has 0 radical (unpaired) electrons. The van der Waals surface area contributed by atoms with Gasteiger partial charge in [-0.15, -0.1) is 0 Å². The highest BCUT2D eigenvalue weighted by atomic mass is 35.5. The van der Waals surface area contributed by atoms with Crippen LogP contribution in [0.1, 0.15) is 36.5 Å². The predicted octanol–water partition coefficient (Wildman–Crippen LogP) is 6.18. The monoisotopic (exact) mass is 460 g/mol. The van der Waals surface area contributed by atoms with Crippen molar-refractivity contribution in [3.8, 4) is 5.75 Å². The van der Waals surface area contributed by atoms with Gasteiger partial charge in [-0.25, -0.2) is 4.90 Å². The second kappa shape index (κ2) is 9.12. The van der Waals surface area contributed by atoms with E-state index >= 15 is 0 Å². The summed E-state index contributed by atoms with van der Waals surface area (Å²) in [5.74, 6) is 0.209. The first kappa shape index (κ1) is 22.6. The molecule has 0 aromatic heterocycles. The van der Waals surface area contributed by atoms with Gasteiger partial charge in [0.05, 0.1) is 18.4 Å². The van der Waals surface area contributed by atoms with Crippen LogP contribution in [0.15, 0.2) is 72.4 Å². The van der Waals surface area contributed by atoms with Crippen molar-refractivity contribution in [2.45, 2.75) is 26.7 Å². The number of nitrogens with one attached hydrogen (secondary N) is 1. The molecule has 0 unspecified atom stereocenters. The molecule has 0 aliphatic carbocycles. The van der Waals surface area contributed by atoms with Crippen molar-refractivity contribution < 1.29 is 14.3 Å². The van der Waals surface area contributed by atoms with Gasteiger partial charge in [0, 0.05) is 10.7 Å². The largest absolute Gasteiger partial charge is 0.497 e. The smallest absolute Gasteiger partial charge is 0.282 e. The second-order valence-electron chi connectivity index (χ2n) is 8.26. The van der Waals surface area contributed by atoms with Crippen LogP contribution in [0.3, 0.4) is 0 Å². The summed E-state index contributed by atoms with van der Waals surface area (Å²) in [5.41, 5.74) is 4.34. The summed E-state index contributed by atoms with van der Waals surface area (Å²) in [7, 11) is 1.58. The molecule has 4 rings (SSSR count). The molecule has 3 aromatic carbocycles. The third-order valence-electron chi connectivity index (χ3n) is 5.72. The number of anilines is 2. The number of rotatable bonds is 6. The van der Waals surface area contributed by atoms with Crippen molar-refractivity contribution in [3.05, 3.63) is 94.1 Å². The molecule has 1 N–H and O–H groups in total.